The highest BCUT2D eigenvalue weighted by atomic mass is 79.9. The number of rotatable bonds is 5. The Morgan fingerprint density at radius 2 is 1.84 bits per heavy atom. The molecular formula is C16H17BrFN. The van der Waals surface area contributed by atoms with Crippen molar-refractivity contribution in [3.63, 3.8) is 0 Å². The third-order valence-electron chi connectivity index (χ3n) is 3.33. The molecular weight excluding hydrogens is 305 g/mol. The quantitative estimate of drug-likeness (QED) is 0.874. The summed E-state index contributed by atoms with van der Waals surface area (Å²) in [5.74, 6) is 0.127. The molecule has 0 aliphatic rings. The molecule has 0 saturated heterocycles. The van der Waals surface area contributed by atoms with Crippen LogP contribution in [0.25, 0.3) is 0 Å². The maximum absolute atomic E-state index is 13.7. The van der Waals surface area contributed by atoms with E-state index in [1.165, 1.54) is 11.6 Å². The molecule has 0 amide bonds. The van der Waals surface area contributed by atoms with Gasteiger partial charge in [-0.1, -0.05) is 52.3 Å². The van der Waals surface area contributed by atoms with Gasteiger partial charge in [-0.05, 0) is 48.6 Å². The molecule has 0 aromatic heterocycles. The first-order valence-electron chi connectivity index (χ1n) is 6.39. The normalized spacial score (nSPS) is 12.4. The van der Waals surface area contributed by atoms with E-state index in [1.54, 1.807) is 0 Å². The topological polar surface area (TPSA) is 26.0 Å². The third-order valence-corrected chi connectivity index (χ3v) is 3.83. The van der Waals surface area contributed by atoms with E-state index in [0.29, 0.717) is 13.0 Å². The van der Waals surface area contributed by atoms with Gasteiger partial charge in [0.2, 0.25) is 0 Å². The van der Waals surface area contributed by atoms with Crippen molar-refractivity contribution < 1.29 is 4.39 Å². The van der Waals surface area contributed by atoms with Crippen molar-refractivity contribution in [2.75, 3.05) is 6.54 Å². The molecule has 3 heteroatoms. The second-order valence-electron chi connectivity index (χ2n) is 4.62. The van der Waals surface area contributed by atoms with Crippen LogP contribution >= 0.6 is 15.9 Å². The van der Waals surface area contributed by atoms with Crippen LogP contribution in [0.2, 0.25) is 0 Å². The van der Waals surface area contributed by atoms with E-state index in [2.05, 4.69) is 28.1 Å². The molecule has 19 heavy (non-hydrogen) atoms. The molecule has 1 nitrogen and oxygen atoms in total. The Kier molecular flexibility index (Phi) is 5.11. The van der Waals surface area contributed by atoms with Crippen molar-refractivity contribution in [3.05, 3.63) is 69.9 Å². The van der Waals surface area contributed by atoms with E-state index in [9.17, 15) is 4.39 Å². The maximum atomic E-state index is 13.7. The minimum atomic E-state index is -0.154. The molecule has 0 aliphatic carbocycles. The number of hydrogen-bond donors (Lipinski definition) is 1. The number of nitrogens with two attached hydrogens (primary N) is 1. The zero-order chi connectivity index (χ0) is 13.7. The summed E-state index contributed by atoms with van der Waals surface area (Å²) in [7, 11) is 0. The Labute approximate surface area is 121 Å². The standard InChI is InChI=1S/C16H17BrFN/c17-15-9-8-13(16(18)10-15)6-7-14(11-19)12-4-2-1-3-5-12/h1-5,8-10,14H,6-7,11,19H2. The molecule has 0 aliphatic heterocycles. The fourth-order valence-corrected chi connectivity index (χ4v) is 2.53. The molecule has 0 spiro atoms. The molecule has 2 rings (SSSR count). The second-order valence-corrected chi connectivity index (χ2v) is 5.53. The lowest BCUT2D eigenvalue weighted by Crippen LogP contribution is -2.13. The summed E-state index contributed by atoms with van der Waals surface area (Å²) < 4.78 is 14.5. The fourth-order valence-electron chi connectivity index (χ4n) is 2.20. The van der Waals surface area contributed by atoms with E-state index < -0.39 is 0 Å². The van der Waals surface area contributed by atoms with Crippen molar-refractivity contribution in [2.24, 2.45) is 5.73 Å². The summed E-state index contributed by atoms with van der Waals surface area (Å²) in [6.07, 6.45) is 1.56. The summed E-state index contributed by atoms with van der Waals surface area (Å²) in [5.41, 5.74) is 7.80. The minimum Gasteiger partial charge on any atom is -0.330 e. The molecule has 0 bridgehead atoms. The van der Waals surface area contributed by atoms with Crippen LogP contribution in [0.4, 0.5) is 4.39 Å². The first-order valence-corrected chi connectivity index (χ1v) is 7.19. The highest BCUT2D eigenvalue weighted by molar-refractivity contribution is 9.10. The van der Waals surface area contributed by atoms with Crippen LogP contribution < -0.4 is 5.73 Å². The summed E-state index contributed by atoms with van der Waals surface area (Å²) in [5, 5.41) is 0. The smallest absolute Gasteiger partial charge is 0.127 e. The summed E-state index contributed by atoms with van der Waals surface area (Å²) in [6.45, 7) is 0.585. The van der Waals surface area contributed by atoms with Crippen LogP contribution in [0.3, 0.4) is 0 Å². The first-order chi connectivity index (χ1) is 9.20. The lowest BCUT2D eigenvalue weighted by Gasteiger charge is -2.15. The molecule has 1 unspecified atom stereocenters. The van der Waals surface area contributed by atoms with Crippen molar-refractivity contribution in [3.8, 4) is 0 Å². The SMILES string of the molecule is NCC(CCc1ccc(Br)cc1F)c1ccccc1. The number of hydrogen-bond acceptors (Lipinski definition) is 1. The van der Waals surface area contributed by atoms with Gasteiger partial charge in [0, 0.05) is 4.47 Å². The Balaban J connectivity index is 2.04. The van der Waals surface area contributed by atoms with Crippen LogP contribution in [0, 0.1) is 5.82 Å². The van der Waals surface area contributed by atoms with Gasteiger partial charge in [-0.15, -0.1) is 0 Å². The molecule has 0 heterocycles. The molecule has 0 radical (unpaired) electrons. The van der Waals surface area contributed by atoms with Gasteiger partial charge in [0.05, 0.1) is 0 Å². The molecule has 0 saturated carbocycles. The molecule has 2 aromatic carbocycles. The van der Waals surface area contributed by atoms with Crippen molar-refractivity contribution in [2.45, 2.75) is 18.8 Å². The lowest BCUT2D eigenvalue weighted by molar-refractivity contribution is 0.581. The van der Waals surface area contributed by atoms with Crippen LogP contribution in [-0.4, -0.2) is 6.54 Å². The van der Waals surface area contributed by atoms with Crippen LogP contribution in [0.5, 0.6) is 0 Å². The van der Waals surface area contributed by atoms with Gasteiger partial charge >= 0.3 is 0 Å². The average Bonchev–Trinajstić information content (AvgIpc) is 2.43. The first kappa shape index (κ1) is 14.2. The monoisotopic (exact) mass is 321 g/mol. The Hall–Kier alpha value is -1.19. The van der Waals surface area contributed by atoms with Gasteiger partial charge in [0.15, 0.2) is 0 Å². The zero-order valence-corrected chi connectivity index (χ0v) is 12.2. The van der Waals surface area contributed by atoms with Crippen LogP contribution in [0.15, 0.2) is 53.0 Å². The van der Waals surface area contributed by atoms with Gasteiger partial charge in [0.25, 0.3) is 0 Å². The van der Waals surface area contributed by atoms with Gasteiger partial charge in [-0.25, -0.2) is 4.39 Å². The summed E-state index contributed by atoms with van der Waals surface area (Å²) in [6, 6.07) is 15.4. The van der Waals surface area contributed by atoms with E-state index >= 15 is 0 Å². The number of benzene rings is 2. The molecule has 2 aromatic rings. The highest BCUT2D eigenvalue weighted by Crippen LogP contribution is 2.23. The number of halogens is 2. The Morgan fingerprint density at radius 3 is 2.47 bits per heavy atom. The average molecular weight is 322 g/mol. The Morgan fingerprint density at radius 1 is 1.11 bits per heavy atom. The largest absolute Gasteiger partial charge is 0.330 e. The molecule has 1 atom stereocenters. The van der Waals surface area contributed by atoms with Crippen molar-refractivity contribution >= 4 is 15.9 Å². The van der Waals surface area contributed by atoms with E-state index in [-0.39, 0.29) is 11.7 Å². The van der Waals surface area contributed by atoms with Gasteiger partial charge in [-0.2, -0.15) is 0 Å². The van der Waals surface area contributed by atoms with E-state index in [0.717, 1.165) is 16.5 Å². The Bertz CT molecular complexity index is 528. The molecule has 100 valence electrons. The van der Waals surface area contributed by atoms with Crippen LogP contribution in [0.1, 0.15) is 23.5 Å². The van der Waals surface area contributed by atoms with Gasteiger partial charge in [-0.3, -0.25) is 0 Å². The molecule has 0 fully saturated rings. The van der Waals surface area contributed by atoms with Gasteiger partial charge < -0.3 is 5.73 Å². The zero-order valence-electron chi connectivity index (χ0n) is 10.7. The fraction of sp³-hybridized carbons (Fsp3) is 0.250. The predicted molar refractivity (Wildman–Crippen MR) is 80.7 cm³/mol. The second kappa shape index (κ2) is 6.83. The highest BCUT2D eigenvalue weighted by Gasteiger charge is 2.11. The van der Waals surface area contributed by atoms with Gasteiger partial charge in [0.1, 0.15) is 5.82 Å². The molecule has 2 N–H and O–H groups in total. The van der Waals surface area contributed by atoms with Crippen LogP contribution in [-0.2, 0) is 6.42 Å². The van der Waals surface area contributed by atoms with Crippen molar-refractivity contribution in [1.29, 1.82) is 0 Å². The lowest BCUT2D eigenvalue weighted by atomic mass is 9.92. The third kappa shape index (κ3) is 3.88. The van der Waals surface area contributed by atoms with E-state index in [1.807, 2.05) is 30.3 Å². The summed E-state index contributed by atoms with van der Waals surface area (Å²) in [4.78, 5) is 0. The van der Waals surface area contributed by atoms with E-state index in [4.69, 9.17) is 5.73 Å². The summed E-state index contributed by atoms with van der Waals surface area (Å²) >= 11 is 3.27. The maximum Gasteiger partial charge on any atom is 0.127 e. The van der Waals surface area contributed by atoms with Crippen molar-refractivity contribution in [1.82, 2.24) is 0 Å². The minimum absolute atomic E-state index is 0.154. The number of aryl methyl sites for hydroxylation is 1. The predicted octanol–water partition coefficient (Wildman–Crippen LogP) is 4.26.